The summed E-state index contributed by atoms with van der Waals surface area (Å²) in [6, 6.07) is 2.57. The molecule has 102 valence electrons. The maximum absolute atomic E-state index is 11.8. The fourth-order valence-corrected chi connectivity index (χ4v) is 2.03. The molecular formula is C12H15N3O4. The van der Waals surface area contributed by atoms with Crippen LogP contribution in [0.5, 0.6) is 0 Å². The van der Waals surface area contributed by atoms with Gasteiger partial charge in [-0.3, -0.25) is 14.4 Å². The normalized spacial score (nSPS) is 16.5. The first-order valence-corrected chi connectivity index (χ1v) is 6.01. The summed E-state index contributed by atoms with van der Waals surface area (Å²) < 4.78 is 1.06. The summed E-state index contributed by atoms with van der Waals surface area (Å²) in [5, 5.41) is 15.5. The summed E-state index contributed by atoms with van der Waals surface area (Å²) in [5.41, 5.74) is -1.05. The van der Waals surface area contributed by atoms with Crippen LogP contribution in [-0.2, 0) is 11.8 Å². The number of amides is 1. The monoisotopic (exact) mass is 265 g/mol. The first-order chi connectivity index (χ1) is 8.94. The Morgan fingerprint density at radius 3 is 2.63 bits per heavy atom. The third-order valence-electron chi connectivity index (χ3n) is 3.54. The lowest BCUT2D eigenvalue weighted by atomic mass is 9.69. The molecule has 1 heterocycles. The first kappa shape index (κ1) is 13.3. The smallest absolute Gasteiger partial charge is 0.311 e. The number of carbonyl (C=O) groups is 2. The van der Waals surface area contributed by atoms with Crippen molar-refractivity contribution in [2.45, 2.75) is 19.3 Å². The molecule has 7 nitrogen and oxygen atoms in total. The Bertz CT molecular complexity index is 575. The van der Waals surface area contributed by atoms with Crippen LogP contribution in [0.3, 0.4) is 0 Å². The van der Waals surface area contributed by atoms with Crippen LogP contribution in [0.4, 0.5) is 0 Å². The van der Waals surface area contributed by atoms with Gasteiger partial charge in [-0.25, -0.2) is 4.68 Å². The molecule has 0 bridgehead atoms. The second-order valence-electron chi connectivity index (χ2n) is 4.80. The Morgan fingerprint density at radius 1 is 1.47 bits per heavy atom. The van der Waals surface area contributed by atoms with Gasteiger partial charge in [0.15, 0.2) is 0 Å². The van der Waals surface area contributed by atoms with Crippen LogP contribution in [0.1, 0.15) is 29.8 Å². The standard InChI is InChI=1S/C12H15N3O4/c1-15-9(16)4-3-8(14-15)10(17)13-7-12(11(18)19)5-2-6-12/h3-4H,2,5-7H2,1H3,(H,13,17)(H,18,19). The first-order valence-electron chi connectivity index (χ1n) is 6.01. The van der Waals surface area contributed by atoms with Crippen molar-refractivity contribution in [1.82, 2.24) is 15.1 Å². The molecule has 2 rings (SSSR count). The second-order valence-corrected chi connectivity index (χ2v) is 4.80. The van der Waals surface area contributed by atoms with Gasteiger partial charge in [-0.1, -0.05) is 6.42 Å². The second kappa shape index (κ2) is 4.83. The summed E-state index contributed by atoms with van der Waals surface area (Å²) in [7, 11) is 1.45. The molecule has 0 aliphatic heterocycles. The van der Waals surface area contributed by atoms with Gasteiger partial charge in [0, 0.05) is 19.7 Å². The molecule has 1 aliphatic rings. The number of nitrogens with zero attached hydrogens (tertiary/aromatic N) is 2. The van der Waals surface area contributed by atoms with Crippen LogP contribution in [-0.4, -0.2) is 33.3 Å². The Labute approximate surface area is 109 Å². The van der Waals surface area contributed by atoms with E-state index in [2.05, 4.69) is 10.4 Å². The third-order valence-corrected chi connectivity index (χ3v) is 3.54. The molecule has 1 saturated carbocycles. The number of aliphatic carboxylic acids is 1. The number of aryl methyl sites for hydroxylation is 1. The number of carbonyl (C=O) groups excluding carboxylic acids is 1. The fraction of sp³-hybridized carbons (Fsp3) is 0.500. The average molecular weight is 265 g/mol. The molecule has 0 spiro atoms. The number of hydrogen-bond acceptors (Lipinski definition) is 4. The number of carboxylic acid groups (broad SMARTS) is 1. The van der Waals surface area contributed by atoms with Gasteiger partial charge in [0.2, 0.25) is 0 Å². The Balaban J connectivity index is 2.03. The van der Waals surface area contributed by atoms with Gasteiger partial charge in [-0.15, -0.1) is 0 Å². The van der Waals surface area contributed by atoms with Gasteiger partial charge in [0.05, 0.1) is 5.41 Å². The molecule has 0 unspecified atom stereocenters. The van der Waals surface area contributed by atoms with Crippen molar-refractivity contribution >= 4 is 11.9 Å². The number of rotatable bonds is 4. The van der Waals surface area contributed by atoms with Gasteiger partial charge in [0.25, 0.3) is 11.5 Å². The molecule has 19 heavy (non-hydrogen) atoms. The van der Waals surface area contributed by atoms with Gasteiger partial charge in [0.1, 0.15) is 5.69 Å². The highest BCUT2D eigenvalue weighted by atomic mass is 16.4. The molecular weight excluding hydrogens is 250 g/mol. The lowest BCUT2D eigenvalue weighted by molar-refractivity contribution is -0.153. The van der Waals surface area contributed by atoms with Crippen LogP contribution in [0.25, 0.3) is 0 Å². The number of hydrogen-bond donors (Lipinski definition) is 2. The van der Waals surface area contributed by atoms with E-state index in [4.69, 9.17) is 5.11 Å². The zero-order valence-corrected chi connectivity index (χ0v) is 10.5. The summed E-state index contributed by atoms with van der Waals surface area (Å²) in [6.07, 6.45) is 2.01. The Morgan fingerprint density at radius 2 is 2.16 bits per heavy atom. The van der Waals surface area contributed by atoms with Crippen molar-refractivity contribution in [3.05, 3.63) is 28.2 Å². The maximum atomic E-state index is 11.8. The van der Waals surface area contributed by atoms with E-state index in [-0.39, 0.29) is 17.8 Å². The van der Waals surface area contributed by atoms with Gasteiger partial charge in [-0.05, 0) is 18.9 Å². The number of nitrogens with one attached hydrogen (secondary N) is 1. The molecule has 7 heteroatoms. The lowest BCUT2D eigenvalue weighted by Gasteiger charge is -2.37. The summed E-state index contributed by atoms with van der Waals surface area (Å²) in [6.45, 7) is 0.0890. The molecule has 1 aliphatic carbocycles. The average Bonchev–Trinajstić information content (AvgIpc) is 2.30. The molecule has 1 aromatic heterocycles. The highest BCUT2D eigenvalue weighted by Crippen LogP contribution is 2.40. The molecule has 1 aromatic rings. The van der Waals surface area contributed by atoms with Crippen LogP contribution >= 0.6 is 0 Å². The fourth-order valence-electron chi connectivity index (χ4n) is 2.03. The quantitative estimate of drug-likeness (QED) is 0.782. The SMILES string of the molecule is Cn1nc(C(=O)NCC2(C(=O)O)CCC2)ccc1=O. The van der Waals surface area contributed by atoms with E-state index in [0.717, 1.165) is 11.1 Å². The maximum Gasteiger partial charge on any atom is 0.311 e. The molecule has 1 fully saturated rings. The molecule has 0 aromatic carbocycles. The van der Waals surface area contributed by atoms with Crippen LogP contribution in [0.15, 0.2) is 16.9 Å². The summed E-state index contributed by atoms with van der Waals surface area (Å²) in [4.78, 5) is 34.1. The van der Waals surface area contributed by atoms with E-state index in [1.165, 1.54) is 19.2 Å². The largest absolute Gasteiger partial charge is 0.481 e. The summed E-state index contributed by atoms with van der Waals surface area (Å²) >= 11 is 0. The van der Waals surface area contributed by atoms with Crippen molar-refractivity contribution < 1.29 is 14.7 Å². The molecule has 0 radical (unpaired) electrons. The van der Waals surface area contributed by atoms with E-state index < -0.39 is 17.3 Å². The van der Waals surface area contributed by atoms with Crippen LogP contribution in [0, 0.1) is 5.41 Å². The van der Waals surface area contributed by atoms with E-state index in [9.17, 15) is 14.4 Å². The van der Waals surface area contributed by atoms with Crippen molar-refractivity contribution in [3.8, 4) is 0 Å². The topological polar surface area (TPSA) is 101 Å². The molecule has 2 N–H and O–H groups in total. The van der Waals surface area contributed by atoms with E-state index in [1.807, 2.05) is 0 Å². The third kappa shape index (κ3) is 2.49. The van der Waals surface area contributed by atoms with Gasteiger partial charge in [-0.2, -0.15) is 5.10 Å². The predicted molar refractivity (Wildman–Crippen MR) is 65.7 cm³/mol. The van der Waals surface area contributed by atoms with E-state index in [1.54, 1.807) is 0 Å². The van der Waals surface area contributed by atoms with Crippen LogP contribution in [0.2, 0.25) is 0 Å². The predicted octanol–water partition coefficient (Wildman–Crippen LogP) is -0.235. The zero-order valence-electron chi connectivity index (χ0n) is 10.5. The molecule has 0 saturated heterocycles. The van der Waals surface area contributed by atoms with Crippen molar-refractivity contribution in [2.24, 2.45) is 12.5 Å². The minimum Gasteiger partial charge on any atom is -0.481 e. The lowest BCUT2D eigenvalue weighted by Crippen LogP contribution is -2.47. The Hall–Kier alpha value is -2.18. The minimum absolute atomic E-state index is 0.0890. The van der Waals surface area contributed by atoms with E-state index >= 15 is 0 Å². The van der Waals surface area contributed by atoms with E-state index in [0.29, 0.717) is 12.8 Å². The van der Waals surface area contributed by atoms with Crippen molar-refractivity contribution in [3.63, 3.8) is 0 Å². The Kier molecular flexibility index (Phi) is 3.37. The number of carboxylic acids is 1. The molecule has 1 amide bonds. The van der Waals surface area contributed by atoms with Crippen molar-refractivity contribution in [2.75, 3.05) is 6.54 Å². The number of aromatic nitrogens is 2. The summed E-state index contributed by atoms with van der Waals surface area (Å²) in [5.74, 6) is -1.35. The highest BCUT2D eigenvalue weighted by molar-refractivity contribution is 5.92. The highest BCUT2D eigenvalue weighted by Gasteiger charge is 2.44. The van der Waals surface area contributed by atoms with Crippen LogP contribution < -0.4 is 10.9 Å². The zero-order chi connectivity index (χ0) is 14.0. The molecule has 0 atom stereocenters. The van der Waals surface area contributed by atoms with Gasteiger partial charge >= 0.3 is 5.97 Å². The van der Waals surface area contributed by atoms with Crippen molar-refractivity contribution in [1.29, 1.82) is 0 Å². The van der Waals surface area contributed by atoms with Gasteiger partial charge < -0.3 is 10.4 Å². The minimum atomic E-state index is -0.882.